The second-order valence-electron chi connectivity index (χ2n) is 6.35. The highest BCUT2D eigenvalue weighted by atomic mass is 32.1. The number of halogens is 3. The molecule has 30 heavy (non-hydrogen) atoms. The van der Waals surface area contributed by atoms with Crippen molar-refractivity contribution < 1.29 is 22.7 Å². The maximum atomic E-state index is 12.9. The second kappa shape index (κ2) is 7.79. The molecule has 10 heteroatoms. The summed E-state index contributed by atoms with van der Waals surface area (Å²) in [6.07, 6.45) is -3.08. The summed E-state index contributed by atoms with van der Waals surface area (Å²) in [5.41, 5.74) is 1.52. The summed E-state index contributed by atoms with van der Waals surface area (Å²) in [5, 5.41) is 8.94. The summed E-state index contributed by atoms with van der Waals surface area (Å²) >= 11 is 1.34. The fourth-order valence-corrected chi connectivity index (χ4v) is 3.73. The molecule has 0 atom stereocenters. The van der Waals surface area contributed by atoms with Crippen LogP contribution in [0.15, 0.2) is 57.9 Å². The average Bonchev–Trinajstić information content (AvgIpc) is 3.14. The Kier molecular flexibility index (Phi) is 5.17. The number of benzene rings is 2. The zero-order chi connectivity index (χ0) is 21.3. The van der Waals surface area contributed by atoms with Gasteiger partial charge >= 0.3 is 6.18 Å². The van der Waals surface area contributed by atoms with Gasteiger partial charge in [0.15, 0.2) is 6.61 Å². The van der Waals surface area contributed by atoms with Crippen LogP contribution in [0.4, 0.5) is 18.9 Å². The van der Waals surface area contributed by atoms with E-state index in [0.29, 0.717) is 27.5 Å². The van der Waals surface area contributed by atoms with E-state index in [9.17, 15) is 18.0 Å². The number of fused-ring (bicyclic) bond motifs is 1. The first kappa shape index (κ1) is 19.9. The third-order valence-electron chi connectivity index (χ3n) is 4.32. The van der Waals surface area contributed by atoms with E-state index in [0.717, 1.165) is 17.7 Å². The summed E-state index contributed by atoms with van der Waals surface area (Å²) in [5.74, 6) is 0.317. The number of carbonyl (C=O) groups excluding carboxylic acids is 1. The Balaban J connectivity index is 1.73. The van der Waals surface area contributed by atoms with E-state index in [2.05, 4.69) is 15.4 Å². The Morgan fingerprint density at radius 1 is 1.23 bits per heavy atom. The molecule has 2 heterocycles. The van der Waals surface area contributed by atoms with Crippen molar-refractivity contribution in [3.8, 4) is 17.0 Å². The Morgan fingerprint density at radius 2 is 2.07 bits per heavy atom. The van der Waals surface area contributed by atoms with Gasteiger partial charge in [-0.15, -0.1) is 11.3 Å². The lowest BCUT2D eigenvalue weighted by molar-refractivity contribution is -0.137. The highest BCUT2D eigenvalue weighted by Crippen LogP contribution is 2.33. The van der Waals surface area contributed by atoms with Crippen LogP contribution in [0.1, 0.15) is 11.1 Å². The molecule has 1 N–H and O–H groups in total. The van der Waals surface area contributed by atoms with Crippen molar-refractivity contribution in [2.45, 2.75) is 6.18 Å². The Labute approximate surface area is 173 Å². The van der Waals surface area contributed by atoms with E-state index in [1.165, 1.54) is 28.3 Å². The van der Waals surface area contributed by atoms with Crippen molar-refractivity contribution in [3.05, 3.63) is 63.8 Å². The minimum absolute atomic E-state index is 0.0368. The fourth-order valence-electron chi connectivity index (χ4n) is 2.92. The van der Waals surface area contributed by atoms with Gasteiger partial charge < -0.3 is 10.1 Å². The van der Waals surface area contributed by atoms with Gasteiger partial charge in [-0.05, 0) is 35.9 Å². The van der Waals surface area contributed by atoms with Gasteiger partial charge in [-0.2, -0.15) is 18.3 Å². The van der Waals surface area contributed by atoms with E-state index in [1.54, 1.807) is 25.2 Å². The van der Waals surface area contributed by atoms with Crippen LogP contribution < -0.4 is 14.9 Å². The Bertz CT molecular complexity index is 1210. The van der Waals surface area contributed by atoms with Crippen LogP contribution in [0, 0.1) is 0 Å². The first-order chi connectivity index (χ1) is 14.3. The van der Waals surface area contributed by atoms with Crippen LogP contribution in [0.25, 0.3) is 11.3 Å². The monoisotopic (exact) mass is 432 g/mol. The average molecular weight is 432 g/mol. The van der Waals surface area contributed by atoms with Crippen molar-refractivity contribution >= 4 is 29.1 Å². The van der Waals surface area contributed by atoms with Gasteiger partial charge in [-0.1, -0.05) is 12.1 Å². The molecule has 6 nitrogen and oxygen atoms in total. The SMILES string of the molecule is CN=c1scc(-c2ccc3c(c2)NC(=O)CO3)n1N=Cc1cccc(C(F)(F)F)c1. The molecule has 0 bridgehead atoms. The number of thiazole rings is 1. The molecule has 3 aromatic rings. The van der Waals surface area contributed by atoms with Crippen molar-refractivity contribution in [1.29, 1.82) is 0 Å². The van der Waals surface area contributed by atoms with Gasteiger partial charge in [-0.25, -0.2) is 4.68 Å². The van der Waals surface area contributed by atoms with Crippen LogP contribution in [-0.4, -0.2) is 30.5 Å². The molecule has 0 saturated heterocycles. The molecule has 1 aromatic heterocycles. The molecule has 4 rings (SSSR count). The first-order valence-corrected chi connectivity index (χ1v) is 9.65. The molecule has 0 radical (unpaired) electrons. The van der Waals surface area contributed by atoms with Crippen LogP contribution in [0.5, 0.6) is 5.75 Å². The number of aromatic nitrogens is 1. The van der Waals surface area contributed by atoms with Crippen molar-refractivity contribution in [2.24, 2.45) is 10.1 Å². The molecule has 0 aliphatic carbocycles. The molecule has 1 aliphatic heterocycles. The van der Waals surface area contributed by atoms with Gasteiger partial charge in [0.05, 0.1) is 23.2 Å². The third kappa shape index (κ3) is 3.99. The number of nitrogens with one attached hydrogen (secondary N) is 1. The van der Waals surface area contributed by atoms with Gasteiger partial charge in [0.2, 0.25) is 4.80 Å². The smallest absolute Gasteiger partial charge is 0.416 e. The summed E-state index contributed by atoms with van der Waals surface area (Å²) < 4.78 is 45.8. The molecule has 154 valence electrons. The lowest BCUT2D eigenvalue weighted by Crippen LogP contribution is -2.25. The number of nitrogens with zero attached hydrogens (tertiary/aromatic N) is 3. The van der Waals surface area contributed by atoms with Crippen LogP contribution >= 0.6 is 11.3 Å². The zero-order valence-corrected chi connectivity index (χ0v) is 16.4. The molecular formula is C20H15F3N4O2S. The van der Waals surface area contributed by atoms with Crippen molar-refractivity contribution in [3.63, 3.8) is 0 Å². The van der Waals surface area contributed by atoms with Gasteiger partial charge in [0.25, 0.3) is 5.91 Å². The van der Waals surface area contributed by atoms with Crippen molar-refractivity contribution in [2.75, 3.05) is 19.0 Å². The fraction of sp³-hybridized carbons (Fsp3) is 0.150. The number of hydrogen-bond donors (Lipinski definition) is 1. The quantitative estimate of drug-likeness (QED) is 0.637. The van der Waals surface area contributed by atoms with E-state index < -0.39 is 11.7 Å². The predicted molar refractivity (Wildman–Crippen MR) is 108 cm³/mol. The maximum Gasteiger partial charge on any atom is 0.416 e. The van der Waals surface area contributed by atoms with Gasteiger partial charge in [-0.3, -0.25) is 9.79 Å². The maximum absolute atomic E-state index is 12.9. The molecule has 2 aromatic carbocycles. The Morgan fingerprint density at radius 3 is 2.83 bits per heavy atom. The number of hydrogen-bond acceptors (Lipinski definition) is 5. The van der Waals surface area contributed by atoms with E-state index in [4.69, 9.17) is 4.74 Å². The molecule has 0 fully saturated rings. The van der Waals surface area contributed by atoms with E-state index in [-0.39, 0.29) is 12.5 Å². The van der Waals surface area contributed by atoms with Crippen LogP contribution in [0.3, 0.4) is 0 Å². The van der Waals surface area contributed by atoms with Crippen LogP contribution in [-0.2, 0) is 11.0 Å². The molecule has 1 amide bonds. The first-order valence-electron chi connectivity index (χ1n) is 8.77. The highest BCUT2D eigenvalue weighted by molar-refractivity contribution is 7.07. The number of alkyl halides is 3. The lowest BCUT2D eigenvalue weighted by atomic mass is 10.1. The summed E-state index contributed by atoms with van der Waals surface area (Å²) in [7, 11) is 1.60. The topological polar surface area (TPSA) is 68.0 Å². The summed E-state index contributed by atoms with van der Waals surface area (Å²) in [6.45, 7) is -0.0368. The number of ether oxygens (including phenoxy) is 1. The molecule has 1 aliphatic rings. The largest absolute Gasteiger partial charge is 0.482 e. The molecular weight excluding hydrogens is 417 g/mol. The number of anilines is 1. The number of carbonyl (C=O) groups is 1. The standard InChI is InChI=1S/C20H15F3N4O2S/c1-24-19-27(25-9-12-3-2-4-14(7-12)20(21,22)23)16(11-30-19)13-5-6-17-15(8-13)26-18(28)10-29-17/h2-9,11H,10H2,1H3,(H,26,28). The predicted octanol–water partition coefficient (Wildman–Crippen LogP) is 3.98. The van der Waals surface area contributed by atoms with Gasteiger partial charge in [0, 0.05) is 18.0 Å². The molecule has 0 saturated carbocycles. The van der Waals surface area contributed by atoms with E-state index >= 15 is 0 Å². The summed E-state index contributed by atoms with van der Waals surface area (Å²) in [4.78, 5) is 16.3. The lowest BCUT2D eigenvalue weighted by Gasteiger charge is -2.18. The third-order valence-corrected chi connectivity index (χ3v) is 5.23. The minimum atomic E-state index is -4.43. The molecule has 0 spiro atoms. The number of amides is 1. The van der Waals surface area contributed by atoms with Crippen LogP contribution in [0.2, 0.25) is 0 Å². The summed E-state index contributed by atoms with van der Waals surface area (Å²) in [6, 6.07) is 10.2. The second-order valence-corrected chi connectivity index (χ2v) is 7.19. The van der Waals surface area contributed by atoms with Crippen molar-refractivity contribution in [1.82, 2.24) is 4.68 Å². The van der Waals surface area contributed by atoms with E-state index in [1.807, 2.05) is 11.4 Å². The van der Waals surface area contributed by atoms with Gasteiger partial charge in [0.1, 0.15) is 5.75 Å². The minimum Gasteiger partial charge on any atom is -0.482 e. The molecule has 0 unspecified atom stereocenters. The highest BCUT2D eigenvalue weighted by Gasteiger charge is 2.30. The number of rotatable bonds is 3. The normalized spacial score (nSPS) is 14.5. The zero-order valence-electron chi connectivity index (χ0n) is 15.6. The Hall–Kier alpha value is -3.40.